The largest absolute Gasteiger partial charge is 0.242 e. The molecule has 0 aromatic carbocycles. The van der Waals surface area contributed by atoms with Gasteiger partial charge in [0.25, 0.3) is 0 Å². The van der Waals surface area contributed by atoms with Crippen LogP contribution in [-0.2, 0) is 10.0 Å². The molecule has 0 atom stereocenters. The van der Waals surface area contributed by atoms with Crippen LogP contribution in [0.5, 0.6) is 0 Å². The van der Waals surface area contributed by atoms with E-state index in [-0.39, 0.29) is 0 Å². The van der Waals surface area contributed by atoms with E-state index in [1.165, 1.54) is 29.7 Å². The molecule has 0 bridgehead atoms. The average molecular weight is 233 g/mol. The van der Waals surface area contributed by atoms with Gasteiger partial charge in [-0.15, -0.1) is 22.7 Å². The molecule has 0 amide bonds. The minimum atomic E-state index is -3.28. The third-order valence-electron chi connectivity index (χ3n) is 1.70. The summed E-state index contributed by atoms with van der Waals surface area (Å²) in [7, 11) is -1.86. The average Bonchev–Trinajstić information content (AvgIpc) is 2.62. The molecule has 2 heterocycles. The van der Waals surface area contributed by atoms with E-state index in [2.05, 4.69) is 4.72 Å². The first-order chi connectivity index (χ1) is 6.15. The Balaban J connectivity index is 2.75. The van der Waals surface area contributed by atoms with Crippen molar-refractivity contribution in [2.75, 3.05) is 7.05 Å². The quantitative estimate of drug-likeness (QED) is 0.860. The summed E-state index contributed by atoms with van der Waals surface area (Å²) in [6.45, 7) is 0. The van der Waals surface area contributed by atoms with E-state index in [9.17, 15) is 8.42 Å². The predicted octanol–water partition coefficient (Wildman–Crippen LogP) is 1.87. The molecule has 2 aromatic heterocycles. The molecule has 70 valence electrons. The summed E-state index contributed by atoms with van der Waals surface area (Å²) < 4.78 is 27.1. The summed E-state index contributed by atoms with van der Waals surface area (Å²) >= 11 is 2.91. The lowest BCUT2D eigenvalue weighted by molar-refractivity contribution is 0.589. The zero-order valence-electron chi connectivity index (χ0n) is 6.77. The van der Waals surface area contributed by atoms with Gasteiger partial charge >= 0.3 is 0 Å². The summed E-state index contributed by atoms with van der Waals surface area (Å²) in [6, 6.07) is 1.93. The second kappa shape index (κ2) is 3.06. The minimum absolute atomic E-state index is 0.394. The van der Waals surface area contributed by atoms with E-state index < -0.39 is 10.0 Å². The number of hydrogen-bond donors (Lipinski definition) is 1. The van der Waals surface area contributed by atoms with Crippen LogP contribution in [0.3, 0.4) is 0 Å². The second-order valence-electron chi connectivity index (χ2n) is 2.42. The number of sulfonamides is 1. The van der Waals surface area contributed by atoms with Crippen molar-refractivity contribution in [1.82, 2.24) is 4.72 Å². The van der Waals surface area contributed by atoms with Crippen molar-refractivity contribution < 1.29 is 8.42 Å². The molecular formula is C7H7NO2S3. The highest BCUT2D eigenvalue weighted by Gasteiger charge is 2.17. The number of thiophene rings is 2. The van der Waals surface area contributed by atoms with E-state index >= 15 is 0 Å². The maximum Gasteiger partial charge on any atom is 0.242 e. The van der Waals surface area contributed by atoms with Crippen LogP contribution >= 0.6 is 22.7 Å². The lowest BCUT2D eigenvalue weighted by Gasteiger charge is -1.97. The van der Waals surface area contributed by atoms with Gasteiger partial charge in [0.2, 0.25) is 10.0 Å². The standard InChI is InChI=1S/C7H7NO2S3/c1-8-13(9,10)6-4-12-5-2-3-11-7(5)6/h2-4,8H,1H3. The Morgan fingerprint density at radius 3 is 2.85 bits per heavy atom. The highest BCUT2D eigenvalue weighted by molar-refractivity contribution is 7.90. The molecule has 0 aliphatic heterocycles. The van der Waals surface area contributed by atoms with Gasteiger partial charge in [-0.1, -0.05) is 0 Å². The van der Waals surface area contributed by atoms with Crippen molar-refractivity contribution in [3.05, 3.63) is 16.8 Å². The molecule has 2 aromatic rings. The molecule has 0 saturated carbocycles. The highest BCUT2D eigenvalue weighted by atomic mass is 32.2. The normalized spacial score (nSPS) is 12.4. The second-order valence-corrected chi connectivity index (χ2v) is 6.10. The molecule has 0 aliphatic rings. The first-order valence-corrected chi connectivity index (χ1v) is 6.77. The van der Waals surface area contributed by atoms with Crippen molar-refractivity contribution in [3.63, 3.8) is 0 Å². The summed E-state index contributed by atoms with van der Waals surface area (Å²) in [5, 5.41) is 3.57. The fourth-order valence-electron chi connectivity index (χ4n) is 1.04. The SMILES string of the molecule is CNS(=O)(=O)c1csc2ccsc12. The van der Waals surface area contributed by atoms with Gasteiger partial charge in [-0.25, -0.2) is 13.1 Å². The van der Waals surface area contributed by atoms with Crippen molar-refractivity contribution in [2.45, 2.75) is 4.90 Å². The smallest absolute Gasteiger partial charge is 0.214 e. The molecular weight excluding hydrogens is 226 g/mol. The van der Waals surface area contributed by atoms with E-state index in [1.807, 2.05) is 11.4 Å². The van der Waals surface area contributed by atoms with E-state index in [4.69, 9.17) is 0 Å². The third-order valence-corrected chi connectivity index (χ3v) is 5.45. The lowest BCUT2D eigenvalue weighted by Crippen LogP contribution is -2.17. The summed E-state index contributed by atoms with van der Waals surface area (Å²) in [5.41, 5.74) is 0. The van der Waals surface area contributed by atoms with E-state index in [0.29, 0.717) is 4.90 Å². The molecule has 6 heteroatoms. The third kappa shape index (κ3) is 1.39. The van der Waals surface area contributed by atoms with Crippen molar-refractivity contribution in [3.8, 4) is 0 Å². The first-order valence-electron chi connectivity index (χ1n) is 3.53. The van der Waals surface area contributed by atoms with Crippen molar-refractivity contribution in [2.24, 2.45) is 0 Å². The van der Waals surface area contributed by atoms with Crippen LogP contribution in [0.1, 0.15) is 0 Å². The highest BCUT2D eigenvalue weighted by Crippen LogP contribution is 2.33. The molecule has 0 saturated heterocycles. The van der Waals surface area contributed by atoms with Gasteiger partial charge in [-0.2, -0.15) is 0 Å². The Labute approximate surface area is 84.1 Å². The van der Waals surface area contributed by atoms with E-state index in [0.717, 1.165) is 9.40 Å². The van der Waals surface area contributed by atoms with Crippen LogP contribution in [0.15, 0.2) is 21.7 Å². The van der Waals surface area contributed by atoms with Crippen LogP contribution in [0.2, 0.25) is 0 Å². The maximum atomic E-state index is 11.5. The van der Waals surface area contributed by atoms with Crippen LogP contribution in [0, 0.1) is 0 Å². The van der Waals surface area contributed by atoms with Crippen molar-refractivity contribution in [1.29, 1.82) is 0 Å². The van der Waals surface area contributed by atoms with Crippen LogP contribution in [0.4, 0.5) is 0 Å². The Kier molecular flexibility index (Phi) is 2.15. The Morgan fingerprint density at radius 2 is 2.15 bits per heavy atom. The molecule has 0 fully saturated rings. The topological polar surface area (TPSA) is 46.2 Å². The summed E-state index contributed by atoms with van der Waals surface area (Å²) in [4.78, 5) is 0.394. The fourth-order valence-corrected chi connectivity index (χ4v) is 4.66. The zero-order valence-corrected chi connectivity index (χ0v) is 9.22. The first kappa shape index (κ1) is 9.14. The van der Waals surface area contributed by atoms with Crippen LogP contribution in [-0.4, -0.2) is 15.5 Å². The van der Waals surface area contributed by atoms with Crippen molar-refractivity contribution >= 4 is 42.1 Å². The fraction of sp³-hybridized carbons (Fsp3) is 0.143. The van der Waals surface area contributed by atoms with Crippen LogP contribution in [0.25, 0.3) is 9.40 Å². The maximum absolute atomic E-state index is 11.5. The molecule has 1 N–H and O–H groups in total. The molecule has 3 nitrogen and oxygen atoms in total. The number of nitrogens with one attached hydrogen (secondary N) is 1. The molecule has 0 radical (unpaired) electrons. The van der Waals surface area contributed by atoms with E-state index in [1.54, 1.807) is 5.38 Å². The summed E-state index contributed by atoms with van der Waals surface area (Å²) in [6.07, 6.45) is 0. The van der Waals surface area contributed by atoms with Gasteiger partial charge in [-0.3, -0.25) is 0 Å². The molecule has 0 aliphatic carbocycles. The van der Waals surface area contributed by atoms with Crippen LogP contribution < -0.4 is 4.72 Å². The molecule has 2 rings (SSSR count). The predicted molar refractivity (Wildman–Crippen MR) is 55.9 cm³/mol. The van der Waals surface area contributed by atoms with Gasteiger partial charge in [0.05, 0.1) is 4.70 Å². The Hall–Kier alpha value is -0.430. The van der Waals surface area contributed by atoms with Gasteiger partial charge in [0.15, 0.2) is 0 Å². The van der Waals surface area contributed by atoms with Gasteiger partial charge in [0.1, 0.15) is 4.90 Å². The van der Waals surface area contributed by atoms with Gasteiger partial charge in [0, 0.05) is 10.1 Å². The monoisotopic (exact) mass is 233 g/mol. The Morgan fingerprint density at radius 1 is 1.38 bits per heavy atom. The number of hydrogen-bond acceptors (Lipinski definition) is 4. The molecule has 13 heavy (non-hydrogen) atoms. The van der Waals surface area contributed by atoms with Gasteiger partial charge in [-0.05, 0) is 18.5 Å². The number of rotatable bonds is 2. The molecule has 0 unspecified atom stereocenters. The summed E-state index contributed by atoms with van der Waals surface area (Å²) in [5.74, 6) is 0. The molecule has 0 spiro atoms. The number of fused-ring (bicyclic) bond motifs is 1. The minimum Gasteiger partial charge on any atom is -0.214 e. The zero-order chi connectivity index (χ0) is 9.47. The van der Waals surface area contributed by atoms with Gasteiger partial charge < -0.3 is 0 Å². The Bertz CT molecular complexity index is 523. The lowest BCUT2D eigenvalue weighted by atomic mass is 10.5.